The van der Waals surface area contributed by atoms with Crippen LogP contribution in [0.5, 0.6) is 0 Å². The molecule has 0 spiro atoms. The van der Waals surface area contributed by atoms with Gasteiger partial charge in [-0.05, 0) is 55.8 Å². The molecule has 0 aliphatic heterocycles. The van der Waals surface area contributed by atoms with E-state index in [0.29, 0.717) is 5.69 Å². The fraction of sp³-hybridized carbons (Fsp3) is 0.304. The predicted octanol–water partition coefficient (Wildman–Crippen LogP) is 2.54. The lowest BCUT2D eigenvalue weighted by Gasteiger charge is -2.23. The van der Waals surface area contributed by atoms with Crippen LogP contribution >= 0.6 is 0 Å². The number of rotatable bonds is 8. The van der Waals surface area contributed by atoms with Gasteiger partial charge in [-0.25, -0.2) is 14.4 Å². The molecule has 1 atom stereocenters. The average Bonchev–Trinajstić information content (AvgIpc) is 3.25. The number of carbonyl (C=O) groups excluding carboxylic acids is 2. The number of carboxylic acids is 1. The lowest BCUT2D eigenvalue weighted by molar-refractivity contribution is -0.157. The molecule has 1 heterocycles. The van der Waals surface area contributed by atoms with E-state index in [1.807, 2.05) is 30.3 Å². The van der Waals surface area contributed by atoms with E-state index in [0.717, 1.165) is 5.56 Å². The minimum Gasteiger partial charge on any atom is -0.478 e. The molecule has 1 aromatic heterocycles. The van der Waals surface area contributed by atoms with Crippen molar-refractivity contribution in [2.45, 2.75) is 45.4 Å². The number of carboxylic acid groups (broad SMARTS) is 1. The van der Waals surface area contributed by atoms with E-state index in [1.165, 1.54) is 29.1 Å². The van der Waals surface area contributed by atoms with Crippen molar-refractivity contribution in [2.24, 2.45) is 0 Å². The maximum absolute atomic E-state index is 12.7. The first-order valence-corrected chi connectivity index (χ1v) is 10.4. The molecule has 0 saturated heterocycles. The predicted molar refractivity (Wildman–Crippen MR) is 119 cm³/mol. The summed E-state index contributed by atoms with van der Waals surface area (Å²) in [5.74, 6) is -1.56. The Kier molecular flexibility index (Phi) is 7.57. The van der Waals surface area contributed by atoms with E-state index in [2.05, 4.69) is 20.7 Å². The minimum absolute atomic E-state index is 0.0362. The number of esters is 1. The van der Waals surface area contributed by atoms with E-state index in [-0.39, 0.29) is 24.4 Å². The number of nitrogens with zero attached hydrogens (tertiary/aromatic N) is 4. The summed E-state index contributed by atoms with van der Waals surface area (Å²) >= 11 is 0. The van der Waals surface area contributed by atoms with E-state index >= 15 is 0 Å². The Hall–Kier alpha value is -4.28. The molecule has 0 fully saturated rings. The Morgan fingerprint density at radius 3 is 2.35 bits per heavy atom. The topological polar surface area (TPSA) is 146 Å². The smallest absolute Gasteiger partial charge is 0.408 e. The van der Waals surface area contributed by atoms with Crippen molar-refractivity contribution >= 4 is 18.0 Å². The fourth-order valence-corrected chi connectivity index (χ4v) is 2.83. The number of tetrazole rings is 1. The summed E-state index contributed by atoms with van der Waals surface area (Å²) in [6.07, 6.45) is -0.890. The fourth-order valence-electron chi connectivity index (χ4n) is 2.83. The summed E-state index contributed by atoms with van der Waals surface area (Å²) in [4.78, 5) is 37.3. The van der Waals surface area contributed by atoms with Crippen LogP contribution in [0.15, 0.2) is 54.6 Å². The van der Waals surface area contributed by atoms with Gasteiger partial charge in [0.15, 0.2) is 5.82 Å². The lowest BCUT2D eigenvalue weighted by atomic mass is 10.1. The maximum atomic E-state index is 12.7. The number of alkyl carbamates (subject to hydrolysis) is 1. The number of hydrogen-bond acceptors (Lipinski definition) is 8. The quantitative estimate of drug-likeness (QED) is 0.477. The zero-order chi connectivity index (χ0) is 24.7. The highest BCUT2D eigenvalue weighted by molar-refractivity contribution is 5.87. The van der Waals surface area contributed by atoms with E-state index in [4.69, 9.17) is 14.6 Å². The van der Waals surface area contributed by atoms with Gasteiger partial charge in [0.25, 0.3) is 0 Å². The second kappa shape index (κ2) is 10.6. The van der Waals surface area contributed by atoms with Crippen molar-refractivity contribution in [3.8, 4) is 5.69 Å². The first-order chi connectivity index (χ1) is 16.1. The van der Waals surface area contributed by atoms with E-state index in [9.17, 15) is 14.4 Å². The third kappa shape index (κ3) is 7.12. The largest absolute Gasteiger partial charge is 0.478 e. The molecule has 0 radical (unpaired) electrons. The third-order valence-corrected chi connectivity index (χ3v) is 4.38. The molecule has 0 bridgehead atoms. The molecule has 3 aromatic rings. The van der Waals surface area contributed by atoms with Gasteiger partial charge in [-0.1, -0.05) is 30.3 Å². The standard InChI is InChI=1S/C23H25N5O6/c1-23(2,3)34-21(31)18(24-22(32)33-14-15-7-5-4-6-8-15)13-19-25-27-28(26-19)17-11-9-16(10-12-17)20(29)30/h4-12,18H,13-14H2,1-3H3,(H,24,32)(H,29,30)/t18-/m0/s1. The number of hydrogen-bond donors (Lipinski definition) is 2. The maximum Gasteiger partial charge on any atom is 0.408 e. The molecule has 178 valence electrons. The zero-order valence-electron chi connectivity index (χ0n) is 19.0. The van der Waals surface area contributed by atoms with Crippen molar-refractivity contribution in [3.63, 3.8) is 0 Å². The van der Waals surface area contributed by atoms with Crippen molar-refractivity contribution in [1.29, 1.82) is 0 Å². The summed E-state index contributed by atoms with van der Waals surface area (Å²) in [5.41, 5.74) is 0.618. The van der Waals surface area contributed by atoms with Gasteiger partial charge in [0.1, 0.15) is 18.2 Å². The molecule has 1 amide bonds. The highest BCUT2D eigenvalue weighted by Gasteiger charge is 2.29. The van der Waals surface area contributed by atoms with E-state index < -0.39 is 29.7 Å². The molecule has 0 aliphatic carbocycles. The number of ether oxygens (including phenoxy) is 2. The molecule has 0 aliphatic rings. The van der Waals surface area contributed by atoms with Crippen LogP contribution in [0.4, 0.5) is 4.79 Å². The van der Waals surface area contributed by atoms with Crippen molar-refractivity contribution in [3.05, 3.63) is 71.5 Å². The van der Waals surface area contributed by atoms with Crippen molar-refractivity contribution < 1.29 is 29.0 Å². The van der Waals surface area contributed by atoms with Crippen LogP contribution in [0.1, 0.15) is 42.5 Å². The summed E-state index contributed by atoms with van der Waals surface area (Å²) in [7, 11) is 0. The Bertz CT molecular complexity index is 1140. The summed E-state index contributed by atoms with van der Waals surface area (Å²) in [5, 5.41) is 23.6. The van der Waals surface area contributed by atoms with Crippen LogP contribution in [0.2, 0.25) is 0 Å². The summed E-state index contributed by atoms with van der Waals surface area (Å²) < 4.78 is 10.6. The summed E-state index contributed by atoms with van der Waals surface area (Å²) in [6.45, 7) is 5.18. The number of amides is 1. The molecular weight excluding hydrogens is 442 g/mol. The molecule has 34 heavy (non-hydrogen) atoms. The van der Waals surface area contributed by atoms with E-state index in [1.54, 1.807) is 20.8 Å². The van der Waals surface area contributed by atoms with Gasteiger partial charge >= 0.3 is 18.0 Å². The number of nitrogens with one attached hydrogen (secondary N) is 1. The molecular formula is C23H25N5O6. The molecule has 3 rings (SSSR count). The van der Waals surface area contributed by atoms with Crippen LogP contribution in [0.25, 0.3) is 5.69 Å². The van der Waals surface area contributed by atoms with Gasteiger partial charge in [0.2, 0.25) is 0 Å². The monoisotopic (exact) mass is 467 g/mol. The molecule has 11 heteroatoms. The minimum atomic E-state index is -1.12. The van der Waals surface area contributed by atoms with Crippen LogP contribution in [0.3, 0.4) is 0 Å². The van der Waals surface area contributed by atoms with Gasteiger partial charge in [0.05, 0.1) is 11.3 Å². The van der Waals surface area contributed by atoms with Gasteiger partial charge in [0, 0.05) is 6.42 Å². The molecule has 0 saturated carbocycles. The average molecular weight is 467 g/mol. The van der Waals surface area contributed by atoms with Gasteiger partial charge < -0.3 is 19.9 Å². The molecule has 2 N–H and O–H groups in total. The highest BCUT2D eigenvalue weighted by Crippen LogP contribution is 2.12. The normalized spacial score (nSPS) is 12.0. The van der Waals surface area contributed by atoms with Crippen LogP contribution in [0, 0.1) is 0 Å². The van der Waals surface area contributed by atoms with Crippen LogP contribution in [-0.2, 0) is 27.3 Å². The molecule has 0 unspecified atom stereocenters. The first-order valence-electron chi connectivity index (χ1n) is 10.4. The second-order valence-corrected chi connectivity index (χ2v) is 8.34. The first kappa shape index (κ1) is 24.4. The van der Waals surface area contributed by atoms with Gasteiger partial charge in [-0.15, -0.1) is 15.0 Å². The SMILES string of the molecule is CC(C)(C)OC(=O)[C@H](Cc1nnn(-c2ccc(C(=O)O)cc2)n1)NC(=O)OCc1ccccc1. The highest BCUT2D eigenvalue weighted by atomic mass is 16.6. The number of carbonyl (C=O) groups is 3. The molecule has 2 aromatic carbocycles. The number of aromatic carboxylic acids is 1. The van der Waals surface area contributed by atoms with Gasteiger partial charge in [-0.3, -0.25) is 0 Å². The lowest BCUT2D eigenvalue weighted by Crippen LogP contribution is -2.45. The zero-order valence-corrected chi connectivity index (χ0v) is 19.0. The Labute approximate surface area is 195 Å². The van der Waals surface area contributed by atoms with Crippen LogP contribution < -0.4 is 5.32 Å². The Morgan fingerprint density at radius 1 is 1.06 bits per heavy atom. The van der Waals surface area contributed by atoms with Gasteiger partial charge in [-0.2, -0.15) is 0 Å². The third-order valence-electron chi connectivity index (χ3n) is 4.38. The van der Waals surface area contributed by atoms with Crippen molar-refractivity contribution in [2.75, 3.05) is 0 Å². The Balaban J connectivity index is 1.70. The number of benzene rings is 2. The summed E-state index contributed by atoms with van der Waals surface area (Å²) in [6, 6.07) is 13.9. The molecule has 11 nitrogen and oxygen atoms in total. The Morgan fingerprint density at radius 2 is 1.74 bits per heavy atom. The van der Waals surface area contributed by atoms with Crippen molar-refractivity contribution in [1.82, 2.24) is 25.5 Å². The van der Waals surface area contributed by atoms with Crippen LogP contribution in [-0.4, -0.2) is 55.0 Å². The number of aromatic nitrogens is 4. The second-order valence-electron chi connectivity index (χ2n) is 8.34.